The van der Waals surface area contributed by atoms with Gasteiger partial charge in [0.05, 0.1) is 10.7 Å². The molecule has 1 aromatic rings. The lowest BCUT2D eigenvalue weighted by atomic mass is 10.3. The Balaban J connectivity index is 0.000000336. The largest absolute Gasteiger partial charge is 0.466 e. The van der Waals surface area contributed by atoms with Crippen LogP contribution in [-0.2, 0) is 4.57 Å². The summed E-state index contributed by atoms with van der Waals surface area (Å²) in [5.41, 5.74) is 3.05. The van der Waals surface area contributed by atoms with E-state index in [1.54, 1.807) is 18.2 Å². The van der Waals surface area contributed by atoms with Crippen molar-refractivity contribution in [1.82, 2.24) is 0 Å². The first-order chi connectivity index (χ1) is 6.74. The van der Waals surface area contributed by atoms with Crippen molar-refractivity contribution in [3.63, 3.8) is 0 Å². The summed E-state index contributed by atoms with van der Waals surface area (Å²) < 4.78 is 8.88. The third-order valence-corrected chi connectivity index (χ3v) is 1.65. The van der Waals surface area contributed by atoms with Gasteiger partial charge in [-0.05, 0) is 18.2 Å². The normalized spacial score (nSPS) is 10.3. The number of anilines is 1. The van der Waals surface area contributed by atoms with Crippen molar-refractivity contribution in [2.75, 3.05) is 5.43 Å². The number of nitrogen functional groups attached to an aromatic ring is 1. The smallest absolute Gasteiger partial charge is 0.323 e. The van der Waals surface area contributed by atoms with Crippen LogP contribution in [0.25, 0.3) is 0 Å². The van der Waals surface area contributed by atoms with Gasteiger partial charge in [-0.1, -0.05) is 23.2 Å². The van der Waals surface area contributed by atoms with E-state index >= 15 is 0 Å². The van der Waals surface area contributed by atoms with E-state index in [0.717, 1.165) is 0 Å². The molecule has 0 aliphatic carbocycles. The Morgan fingerprint density at radius 2 is 1.73 bits per heavy atom. The van der Waals surface area contributed by atoms with Crippen LogP contribution in [0.2, 0.25) is 10.0 Å². The quantitative estimate of drug-likeness (QED) is 0.300. The highest BCUT2D eigenvalue weighted by atomic mass is 35.5. The Bertz CT molecular complexity index is 362. The average Bonchev–Trinajstić information content (AvgIpc) is 2.06. The lowest BCUT2D eigenvalue weighted by Gasteiger charge is -2.01. The molecule has 1 aromatic carbocycles. The molecule has 9 heteroatoms. The maximum atomic E-state index is 8.88. The van der Waals surface area contributed by atoms with E-state index < -0.39 is 7.82 Å². The number of halogens is 2. The molecule has 6 N–H and O–H groups in total. The number of benzene rings is 1. The molecule has 0 heterocycles. The summed E-state index contributed by atoms with van der Waals surface area (Å²) in [5, 5.41) is 1.17. The predicted molar refractivity (Wildman–Crippen MR) is 58.5 cm³/mol. The molecule has 0 aromatic heterocycles. The lowest BCUT2D eigenvalue weighted by molar-refractivity contribution is 0.275. The second kappa shape index (κ2) is 6.30. The van der Waals surface area contributed by atoms with Gasteiger partial charge in [0.1, 0.15) is 0 Å². The maximum Gasteiger partial charge on any atom is 0.466 e. The molecule has 0 radical (unpaired) electrons. The molecule has 0 spiro atoms. The lowest BCUT2D eigenvalue weighted by Crippen LogP contribution is -2.06. The van der Waals surface area contributed by atoms with E-state index in [9.17, 15) is 0 Å². The first-order valence-corrected chi connectivity index (χ1v) is 5.76. The molecule has 0 saturated heterocycles. The monoisotopic (exact) mass is 274 g/mol. The van der Waals surface area contributed by atoms with E-state index in [1.165, 1.54) is 0 Å². The van der Waals surface area contributed by atoms with Crippen molar-refractivity contribution < 1.29 is 19.2 Å². The zero-order valence-corrected chi connectivity index (χ0v) is 9.67. The Morgan fingerprint density at radius 3 is 2.07 bits per heavy atom. The van der Waals surface area contributed by atoms with Crippen LogP contribution >= 0.6 is 31.0 Å². The van der Waals surface area contributed by atoms with Crippen molar-refractivity contribution >= 4 is 36.7 Å². The molecular weight excluding hydrogens is 266 g/mol. The van der Waals surface area contributed by atoms with Crippen LogP contribution in [0.1, 0.15) is 0 Å². The second-order valence-corrected chi connectivity index (χ2v) is 4.15. The number of hydrogen-bond donors (Lipinski definition) is 5. The predicted octanol–water partition coefficient (Wildman–Crippen LogP) is 1.35. The molecule has 0 amide bonds. The van der Waals surface area contributed by atoms with Crippen molar-refractivity contribution in [2.45, 2.75) is 0 Å². The Hall–Kier alpha value is -0.330. The standard InChI is InChI=1S/C6H6Cl2N2.H3O4P/c7-4-1-2-5(8)6(3-4)10-9;1-5(2,3)4/h1-3,10H,9H2;(H3,1,2,3,4). The first-order valence-electron chi connectivity index (χ1n) is 3.44. The molecule has 1 rings (SSSR count). The van der Waals surface area contributed by atoms with Gasteiger partial charge in [0.15, 0.2) is 0 Å². The summed E-state index contributed by atoms with van der Waals surface area (Å²) in [6.45, 7) is 0. The number of nitrogens with two attached hydrogens (primary N) is 1. The van der Waals surface area contributed by atoms with Gasteiger partial charge >= 0.3 is 7.82 Å². The SMILES string of the molecule is NNc1cc(Cl)ccc1Cl.O=P(O)(O)O. The van der Waals surface area contributed by atoms with Crippen molar-refractivity contribution in [3.05, 3.63) is 28.2 Å². The zero-order chi connectivity index (χ0) is 12.1. The van der Waals surface area contributed by atoms with E-state index in [0.29, 0.717) is 15.7 Å². The number of phosphoric acid groups is 1. The molecule has 86 valence electrons. The first kappa shape index (κ1) is 14.7. The van der Waals surface area contributed by atoms with Crippen LogP contribution in [0, 0.1) is 0 Å². The van der Waals surface area contributed by atoms with Crippen LogP contribution < -0.4 is 11.3 Å². The fourth-order valence-electron chi connectivity index (χ4n) is 0.608. The molecular formula is C6H9Cl2N2O4P. The summed E-state index contributed by atoms with van der Waals surface area (Å²) in [6.07, 6.45) is 0. The minimum absolute atomic E-state index is 0.562. The summed E-state index contributed by atoms with van der Waals surface area (Å²) in [5.74, 6) is 5.13. The van der Waals surface area contributed by atoms with E-state index in [4.69, 9.17) is 48.3 Å². The topological polar surface area (TPSA) is 116 Å². The second-order valence-electron chi connectivity index (χ2n) is 2.28. The van der Waals surface area contributed by atoms with Crippen molar-refractivity contribution in [3.8, 4) is 0 Å². The van der Waals surface area contributed by atoms with Crippen molar-refractivity contribution in [1.29, 1.82) is 0 Å². The number of hydrazine groups is 1. The highest BCUT2D eigenvalue weighted by Crippen LogP contribution is 2.26. The summed E-state index contributed by atoms with van der Waals surface area (Å²) >= 11 is 11.3. The molecule has 0 fully saturated rings. The van der Waals surface area contributed by atoms with Crippen LogP contribution in [0.3, 0.4) is 0 Å². The Morgan fingerprint density at radius 1 is 1.27 bits per heavy atom. The van der Waals surface area contributed by atoms with Crippen LogP contribution in [0.15, 0.2) is 18.2 Å². The van der Waals surface area contributed by atoms with Crippen LogP contribution in [0.5, 0.6) is 0 Å². The average molecular weight is 275 g/mol. The van der Waals surface area contributed by atoms with E-state index in [1.807, 2.05) is 0 Å². The van der Waals surface area contributed by atoms with Crippen molar-refractivity contribution in [2.24, 2.45) is 5.84 Å². The van der Waals surface area contributed by atoms with Gasteiger partial charge in [0.2, 0.25) is 0 Å². The molecule has 15 heavy (non-hydrogen) atoms. The molecule has 0 atom stereocenters. The number of hydrogen-bond acceptors (Lipinski definition) is 3. The zero-order valence-electron chi connectivity index (χ0n) is 7.26. The fraction of sp³-hybridized carbons (Fsp3) is 0. The van der Waals surface area contributed by atoms with Gasteiger partial charge in [-0.3, -0.25) is 5.84 Å². The molecule has 0 unspecified atom stereocenters. The third kappa shape index (κ3) is 8.65. The molecule has 0 aliphatic heterocycles. The van der Waals surface area contributed by atoms with Gasteiger partial charge in [0, 0.05) is 5.02 Å². The van der Waals surface area contributed by atoms with E-state index in [2.05, 4.69) is 5.43 Å². The number of nitrogens with one attached hydrogen (secondary N) is 1. The summed E-state index contributed by atoms with van der Waals surface area (Å²) in [4.78, 5) is 21.6. The minimum Gasteiger partial charge on any atom is -0.323 e. The van der Waals surface area contributed by atoms with Crippen LogP contribution in [-0.4, -0.2) is 14.7 Å². The van der Waals surface area contributed by atoms with Gasteiger partial charge in [-0.15, -0.1) is 0 Å². The van der Waals surface area contributed by atoms with Gasteiger partial charge in [-0.2, -0.15) is 0 Å². The summed E-state index contributed by atoms with van der Waals surface area (Å²) in [7, 11) is -4.64. The molecule has 0 aliphatic rings. The van der Waals surface area contributed by atoms with Crippen LogP contribution in [0.4, 0.5) is 5.69 Å². The molecule has 0 saturated carbocycles. The highest BCUT2D eigenvalue weighted by Gasteiger charge is 2.00. The van der Waals surface area contributed by atoms with Gasteiger partial charge in [-0.25, -0.2) is 4.57 Å². The third-order valence-electron chi connectivity index (χ3n) is 1.08. The fourth-order valence-corrected chi connectivity index (χ4v) is 0.952. The Labute approximate surface area is 95.8 Å². The maximum absolute atomic E-state index is 8.88. The van der Waals surface area contributed by atoms with E-state index in [-0.39, 0.29) is 0 Å². The number of rotatable bonds is 1. The minimum atomic E-state index is -4.64. The van der Waals surface area contributed by atoms with Gasteiger partial charge in [0.25, 0.3) is 0 Å². The highest BCUT2D eigenvalue weighted by molar-refractivity contribution is 7.45. The van der Waals surface area contributed by atoms with Gasteiger partial charge < -0.3 is 20.1 Å². The molecule has 6 nitrogen and oxygen atoms in total. The Kier molecular flexibility index (Phi) is 6.16. The summed E-state index contributed by atoms with van der Waals surface area (Å²) in [6, 6.07) is 5.04. The molecule has 0 bridgehead atoms.